The molecule has 2 fully saturated rings. The average Bonchev–Trinajstić information content (AvgIpc) is 3.43. The molecule has 5 heteroatoms. The van der Waals surface area contributed by atoms with Crippen LogP contribution in [0.3, 0.4) is 0 Å². The third-order valence-electron chi connectivity index (χ3n) is 8.34. The summed E-state index contributed by atoms with van der Waals surface area (Å²) in [5.74, 6) is 0. The zero-order chi connectivity index (χ0) is 25.0. The molecule has 0 spiro atoms. The zero-order valence-electron chi connectivity index (χ0n) is 20.9. The Morgan fingerprint density at radius 1 is 0.722 bits per heavy atom. The Bertz CT molecular complexity index is 1080. The summed E-state index contributed by atoms with van der Waals surface area (Å²) < 4.78 is 0. The molecule has 3 aromatic rings. The minimum Gasteiger partial charge on any atom is -0.385 e. The molecule has 0 saturated carbocycles. The van der Waals surface area contributed by atoms with Gasteiger partial charge in [0.15, 0.2) is 0 Å². The maximum atomic E-state index is 11.4. The lowest BCUT2D eigenvalue weighted by molar-refractivity contribution is -0.0270. The van der Waals surface area contributed by atoms with Gasteiger partial charge in [-0.2, -0.15) is 0 Å². The Balaban J connectivity index is 1.36. The predicted molar refractivity (Wildman–Crippen MR) is 150 cm³/mol. The number of halogens is 2. The molecule has 0 radical (unpaired) electrons. The van der Waals surface area contributed by atoms with E-state index in [2.05, 4.69) is 70.5 Å². The quantitative estimate of drug-likeness (QED) is 0.354. The first-order chi connectivity index (χ1) is 17.5. The normalized spacial score (nSPS) is 19.0. The van der Waals surface area contributed by atoms with Crippen LogP contribution in [0, 0.1) is 0 Å². The summed E-state index contributed by atoms with van der Waals surface area (Å²) >= 11 is 12.4. The van der Waals surface area contributed by atoms with Crippen molar-refractivity contribution in [3.63, 3.8) is 0 Å². The van der Waals surface area contributed by atoms with Crippen LogP contribution in [0.25, 0.3) is 0 Å². The van der Waals surface area contributed by atoms with Gasteiger partial charge in [0.05, 0.1) is 15.6 Å². The fourth-order valence-electron chi connectivity index (χ4n) is 6.12. The van der Waals surface area contributed by atoms with E-state index in [1.807, 2.05) is 12.1 Å². The van der Waals surface area contributed by atoms with E-state index in [1.54, 1.807) is 6.07 Å². The molecule has 0 aliphatic carbocycles. The van der Waals surface area contributed by atoms with Gasteiger partial charge in [-0.3, -0.25) is 0 Å². The van der Waals surface area contributed by atoms with Gasteiger partial charge < -0.3 is 14.9 Å². The number of benzene rings is 3. The van der Waals surface area contributed by atoms with Crippen molar-refractivity contribution in [2.24, 2.45) is 0 Å². The fraction of sp³-hybridized carbons (Fsp3) is 0.419. The standard InChI is InChI=1S/C31H36Cl2N2O/c32-28-14-13-27(23-29(28)33)31(36)16-21-34(22-17-31)20-15-30(24-35-18-7-8-19-35,25-9-3-1-4-10-25)26-11-5-2-6-12-26/h1-6,9-14,23,36H,7-8,15-22,24H2. The summed E-state index contributed by atoms with van der Waals surface area (Å²) in [6, 6.07) is 27.7. The molecule has 190 valence electrons. The summed E-state index contributed by atoms with van der Waals surface area (Å²) in [6.45, 7) is 6.13. The molecule has 2 aliphatic rings. The molecular formula is C31H36Cl2N2O. The fourth-order valence-corrected chi connectivity index (χ4v) is 6.42. The molecule has 0 aromatic heterocycles. The van der Waals surface area contributed by atoms with E-state index in [4.69, 9.17) is 23.2 Å². The highest BCUT2D eigenvalue weighted by atomic mass is 35.5. The number of nitrogens with zero attached hydrogens (tertiary/aromatic N) is 2. The van der Waals surface area contributed by atoms with Gasteiger partial charge in [0.25, 0.3) is 0 Å². The van der Waals surface area contributed by atoms with E-state index >= 15 is 0 Å². The van der Waals surface area contributed by atoms with E-state index in [1.165, 1.54) is 37.1 Å². The highest BCUT2D eigenvalue weighted by Gasteiger charge is 2.39. The van der Waals surface area contributed by atoms with Crippen LogP contribution in [0.5, 0.6) is 0 Å². The Morgan fingerprint density at radius 3 is 1.86 bits per heavy atom. The van der Waals surface area contributed by atoms with Gasteiger partial charge in [-0.15, -0.1) is 0 Å². The molecule has 0 amide bonds. The summed E-state index contributed by atoms with van der Waals surface area (Å²) in [4.78, 5) is 5.18. The SMILES string of the molecule is OC1(c2ccc(Cl)c(Cl)c2)CCN(CCC(CN2CCCC2)(c2ccccc2)c2ccccc2)CC1. The number of hydrogen-bond donors (Lipinski definition) is 1. The lowest BCUT2D eigenvalue weighted by Gasteiger charge is -2.42. The molecule has 1 N–H and O–H groups in total. The van der Waals surface area contributed by atoms with E-state index in [0.29, 0.717) is 22.9 Å². The van der Waals surface area contributed by atoms with Crippen LogP contribution in [0.1, 0.15) is 48.8 Å². The van der Waals surface area contributed by atoms with Crippen molar-refractivity contribution in [3.8, 4) is 0 Å². The first kappa shape index (κ1) is 25.8. The minimum atomic E-state index is -0.851. The van der Waals surface area contributed by atoms with E-state index < -0.39 is 5.60 Å². The van der Waals surface area contributed by atoms with Crippen LogP contribution in [0.4, 0.5) is 0 Å². The van der Waals surface area contributed by atoms with Gasteiger partial charge in [0.1, 0.15) is 0 Å². The van der Waals surface area contributed by atoms with Crippen LogP contribution in [0.2, 0.25) is 10.0 Å². The summed E-state index contributed by atoms with van der Waals surface area (Å²) in [5, 5.41) is 12.4. The Hall–Kier alpha value is -1.88. The van der Waals surface area contributed by atoms with Gasteiger partial charge in [-0.25, -0.2) is 0 Å². The summed E-state index contributed by atoms with van der Waals surface area (Å²) in [7, 11) is 0. The monoisotopic (exact) mass is 522 g/mol. The largest absolute Gasteiger partial charge is 0.385 e. The first-order valence-corrected chi connectivity index (χ1v) is 14.0. The van der Waals surface area contributed by atoms with Gasteiger partial charge >= 0.3 is 0 Å². The lowest BCUT2D eigenvalue weighted by Crippen LogP contribution is -2.46. The number of piperidine rings is 1. The average molecular weight is 524 g/mol. The summed E-state index contributed by atoms with van der Waals surface area (Å²) in [6.07, 6.45) is 5.02. The third-order valence-corrected chi connectivity index (χ3v) is 9.08. The van der Waals surface area contributed by atoms with Crippen molar-refractivity contribution >= 4 is 23.2 Å². The Kier molecular flexibility index (Phi) is 8.05. The highest BCUT2D eigenvalue weighted by molar-refractivity contribution is 6.42. The van der Waals surface area contributed by atoms with Gasteiger partial charge in [-0.05, 0) is 80.6 Å². The number of likely N-dealkylation sites (tertiary alicyclic amines) is 2. The van der Waals surface area contributed by atoms with Gasteiger partial charge in [0, 0.05) is 25.0 Å². The highest BCUT2D eigenvalue weighted by Crippen LogP contribution is 2.40. The van der Waals surface area contributed by atoms with E-state index in [0.717, 1.165) is 38.2 Å². The molecule has 0 atom stereocenters. The van der Waals surface area contributed by atoms with Crippen molar-refractivity contribution < 1.29 is 5.11 Å². The molecule has 2 heterocycles. The molecule has 36 heavy (non-hydrogen) atoms. The van der Waals surface area contributed by atoms with Gasteiger partial charge in [-0.1, -0.05) is 89.9 Å². The van der Waals surface area contributed by atoms with E-state index in [9.17, 15) is 5.11 Å². The molecule has 2 saturated heterocycles. The zero-order valence-corrected chi connectivity index (χ0v) is 22.4. The van der Waals surface area contributed by atoms with Crippen LogP contribution < -0.4 is 0 Å². The molecule has 3 nitrogen and oxygen atoms in total. The number of rotatable bonds is 8. The summed E-state index contributed by atoms with van der Waals surface area (Å²) in [5.41, 5.74) is 2.74. The number of hydrogen-bond acceptors (Lipinski definition) is 3. The Labute approximate surface area is 225 Å². The van der Waals surface area contributed by atoms with Crippen LogP contribution in [0.15, 0.2) is 78.9 Å². The van der Waals surface area contributed by atoms with Crippen molar-refractivity contribution in [1.29, 1.82) is 0 Å². The molecule has 3 aromatic carbocycles. The molecule has 0 unspecified atom stereocenters. The second-order valence-corrected chi connectivity index (χ2v) is 11.4. The van der Waals surface area contributed by atoms with Crippen LogP contribution >= 0.6 is 23.2 Å². The topological polar surface area (TPSA) is 26.7 Å². The molecule has 2 aliphatic heterocycles. The van der Waals surface area contributed by atoms with Crippen molar-refractivity contribution in [1.82, 2.24) is 9.80 Å². The molecular weight excluding hydrogens is 487 g/mol. The number of aliphatic hydroxyl groups is 1. The minimum absolute atomic E-state index is 0.0652. The van der Waals surface area contributed by atoms with Crippen molar-refractivity contribution in [2.45, 2.75) is 43.1 Å². The molecule has 0 bridgehead atoms. The van der Waals surface area contributed by atoms with Crippen molar-refractivity contribution in [3.05, 3.63) is 106 Å². The second kappa shape index (κ2) is 11.2. The lowest BCUT2D eigenvalue weighted by atomic mass is 9.71. The molecule has 5 rings (SSSR count). The maximum Gasteiger partial charge on any atom is 0.0921 e. The third kappa shape index (κ3) is 5.51. The smallest absolute Gasteiger partial charge is 0.0921 e. The maximum absolute atomic E-state index is 11.4. The van der Waals surface area contributed by atoms with E-state index in [-0.39, 0.29) is 5.41 Å². The van der Waals surface area contributed by atoms with Crippen molar-refractivity contribution in [2.75, 3.05) is 39.3 Å². The first-order valence-electron chi connectivity index (χ1n) is 13.2. The van der Waals surface area contributed by atoms with Crippen LogP contribution in [-0.2, 0) is 11.0 Å². The predicted octanol–water partition coefficient (Wildman–Crippen LogP) is 6.75. The Morgan fingerprint density at radius 2 is 1.31 bits per heavy atom. The van der Waals surface area contributed by atoms with Crippen LogP contribution in [-0.4, -0.2) is 54.2 Å². The second-order valence-electron chi connectivity index (χ2n) is 10.5. The van der Waals surface area contributed by atoms with Gasteiger partial charge in [0.2, 0.25) is 0 Å².